The molecule has 0 aromatic rings. The van der Waals surface area contributed by atoms with Gasteiger partial charge in [0, 0.05) is 18.1 Å². The summed E-state index contributed by atoms with van der Waals surface area (Å²) >= 11 is 0. The van der Waals surface area contributed by atoms with Gasteiger partial charge in [-0.1, -0.05) is 0 Å². The molecule has 1 atom stereocenters. The van der Waals surface area contributed by atoms with E-state index in [1.165, 1.54) is 12.8 Å². The fraction of sp³-hybridized carbons (Fsp3) is 1.00. The quantitative estimate of drug-likeness (QED) is 0.620. The second-order valence-corrected chi connectivity index (χ2v) is 3.56. The van der Waals surface area contributed by atoms with Crippen molar-refractivity contribution in [2.24, 2.45) is 5.73 Å². The summed E-state index contributed by atoms with van der Waals surface area (Å²) in [5, 5.41) is 3.38. The third-order valence-corrected chi connectivity index (χ3v) is 1.98. The van der Waals surface area contributed by atoms with Crippen molar-refractivity contribution in [1.82, 2.24) is 5.32 Å². The van der Waals surface area contributed by atoms with Gasteiger partial charge < -0.3 is 11.1 Å². The van der Waals surface area contributed by atoms with E-state index >= 15 is 0 Å². The summed E-state index contributed by atoms with van der Waals surface area (Å²) in [6, 6.07) is 0.387. The molecule has 1 saturated heterocycles. The van der Waals surface area contributed by atoms with Crippen LogP contribution in [0.1, 0.15) is 26.7 Å². The van der Waals surface area contributed by atoms with Crippen LogP contribution in [-0.4, -0.2) is 18.1 Å². The molecule has 0 spiro atoms. The first-order chi connectivity index (χ1) is 4.10. The van der Waals surface area contributed by atoms with Crippen LogP contribution in [-0.2, 0) is 0 Å². The Morgan fingerprint density at radius 3 is 2.18 bits per heavy atom. The Hall–Kier alpha value is 0.500. The van der Waals surface area contributed by atoms with Gasteiger partial charge in [0.05, 0.1) is 0 Å². The Morgan fingerprint density at radius 2 is 1.91 bits per heavy atom. The van der Waals surface area contributed by atoms with Gasteiger partial charge in [-0.05, 0) is 26.7 Å². The summed E-state index contributed by atoms with van der Waals surface area (Å²) in [4.78, 5) is 0. The summed E-state index contributed by atoms with van der Waals surface area (Å²) < 4.78 is 0. The van der Waals surface area contributed by atoms with Crippen molar-refractivity contribution >= 4 is 24.8 Å². The molecule has 11 heavy (non-hydrogen) atoms. The van der Waals surface area contributed by atoms with Gasteiger partial charge in [0.25, 0.3) is 0 Å². The average molecular weight is 201 g/mol. The lowest BCUT2D eigenvalue weighted by atomic mass is 9.91. The molecule has 0 aliphatic carbocycles. The van der Waals surface area contributed by atoms with E-state index in [0.29, 0.717) is 11.6 Å². The molecule has 0 saturated carbocycles. The van der Waals surface area contributed by atoms with Crippen LogP contribution < -0.4 is 11.1 Å². The van der Waals surface area contributed by atoms with Crippen molar-refractivity contribution in [3.05, 3.63) is 0 Å². The van der Waals surface area contributed by atoms with Crippen LogP contribution in [0.5, 0.6) is 0 Å². The monoisotopic (exact) mass is 200 g/mol. The molecule has 1 unspecified atom stereocenters. The van der Waals surface area contributed by atoms with Gasteiger partial charge in [-0.2, -0.15) is 0 Å². The fourth-order valence-corrected chi connectivity index (χ4v) is 1.14. The van der Waals surface area contributed by atoms with Gasteiger partial charge in [0.2, 0.25) is 0 Å². The van der Waals surface area contributed by atoms with Crippen LogP contribution in [0.15, 0.2) is 0 Å². The highest BCUT2D eigenvalue weighted by atomic mass is 35.5. The van der Waals surface area contributed by atoms with E-state index in [0.717, 1.165) is 6.54 Å². The lowest BCUT2D eigenvalue weighted by Gasteiger charge is -2.34. The van der Waals surface area contributed by atoms with Crippen LogP contribution in [0.3, 0.4) is 0 Å². The normalized spacial score (nSPS) is 28.1. The maximum absolute atomic E-state index is 5.69. The predicted octanol–water partition coefficient (Wildman–Crippen LogP) is 1.32. The average Bonchev–Trinajstić information content (AvgIpc) is 1.78. The summed E-state index contributed by atoms with van der Waals surface area (Å²) in [6.45, 7) is 5.42. The van der Waals surface area contributed by atoms with E-state index in [9.17, 15) is 0 Å². The Kier molecular flexibility index (Phi) is 6.64. The zero-order valence-corrected chi connectivity index (χ0v) is 8.73. The molecule has 1 aliphatic heterocycles. The van der Waals surface area contributed by atoms with E-state index in [4.69, 9.17) is 5.73 Å². The number of hydrogen-bond acceptors (Lipinski definition) is 2. The minimum Gasteiger partial charge on any atom is -0.327 e. The summed E-state index contributed by atoms with van der Waals surface area (Å²) in [6.07, 6.45) is 2.37. The molecule has 1 heterocycles. The lowest BCUT2D eigenvalue weighted by Crippen LogP contribution is -2.51. The summed E-state index contributed by atoms with van der Waals surface area (Å²) in [5.41, 5.74) is 6.02. The third kappa shape index (κ3) is 4.86. The van der Waals surface area contributed by atoms with Gasteiger partial charge in [-0.3, -0.25) is 0 Å². The molecule has 2 nitrogen and oxygen atoms in total. The molecule has 1 aliphatic rings. The van der Waals surface area contributed by atoms with E-state index in [1.807, 2.05) is 0 Å². The van der Waals surface area contributed by atoms with Crippen molar-refractivity contribution in [2.75, 3.05) is 6.54 Å². The number of rotatable bonds is 0. The Labute approximate surface area is 81.1 Å². The van der Waals surface area contributed by atoms with Gasteiger partial charge in [0.1, 0.15) is 0 Å². The molecule has 0 radical (unpaired) electrons. The molecule has 0 aromatic heterocycles. The number of halogens is 2. The maximum atomic E-state index is 5.69. The van der Waals surface area contributed by atoms with Gasteiger partial charge in [0.15, 0.2) is 0 Å². The topological polar surface area (TPSA) is 38.0 Å². The molecule has 4 heteroatoms. The van der Waals surface area contributed by atoms with E-state index in [-0.39, 0.29) is 24.8 Å². The molecule has 3 N–H and O–H groups in total. The Bertz CT molecular complexity index is 96.6. The highest BCUT2D eigenvalue weighted by molar-refractivity contribution is 5.85. The molecule has 0 amide bonds. The SMILES string of the molecule is CC1(C)CCC(N)CN1.Cl.Cl. The molecular formula is C7H18Cl2N2. The lowest BCUT2D eigenvalue weighted by molar-refractivity contribution is 0.281. The van der Waals surface area contributed by atoms with Crippen LogP contribution in [0.2, 0.25) is 0 Å². The second kappa shape index (κ2) is 5.20. The fourth-order valence-electron chi connectivity index (χ4n) is 1.14. The molecule has 0 aromatic carbocycles. The smallest absolute Gasteiger partial charge is 0.0166 e. The zero-order valence-electron chi connectivity index (χ0n) is 7.09. The van der Waals surface area contributed by atoms with Gasteiger partial charge >= 0.3 is 0 Å². The highest BCUT2D eigenvalue weighted by Gasteiger charge is 2.23. The first kappa shape index (κ1) is 14.0. The Morgan fingerprint density at radius 1 is 1.36 bits per heavy atom. The first-order valence-corrected chi connectivity index (χ1v) is 3.61. The van der Waals surface area contributed by atoms with E-state index < -0.39 is 0 Å². The van der Waals surface area contributed by atoms with Gasteiger partial charge in [-0.15, -0.1) is 24.8 Å². The first-order valence-electron chi connectivity index (χ1n) is 3.61. The van der Waals surface area contributed by atoms with Crippen molar-refractivity contribution in [2.45, 2.75) is 38.3 Å². The highest BCUT2D eigenvalue weighted by Crippen LogP contribution is 2.16. The zero-order chi connectivity index (χ0) is 6.91. The third-order valence-electron chi connectivity index (χ3n) is 1.98. The van der Waals surface area contributed by atoms with Crippen molar-refractivity contribution in [3.63, 3.8) is 0 Å². The number of hydrogen-bond donors (Lipinski definition) is 2. The van der Waals surface area contributed by atoms with Crippen molar-refractivity contribution in [3.8, 4) is 0 Å². The Balaban J connectivity index is 0. The largest absolute Gasteiger partial charge is 0.327 e. The minimum absolute atomic E-state index is 0. The predicted molar refractivity (Wildman–Crippen MR) is 53.8 cm³/mol. The number of nitrogens with two attached hydrogens (primary N) is 1. The minimum atomic E-state index is 0. The molecule has 1 fully saturated rings. The van der Waals surface area contributed by atoms with E-state index in [2.05, 4.69) is 19.2 Å². The maximum Gasteiger partial charge on any atom is 0.0166 e. The molecule has 1 rings (SSSR count). The number of piperidine rings is 1. The second-order valence-electron chi connectivity index (χ2n) is 3.56. The molecular weight excluding hydrogens is 183 g/mol. The molecule has 0 bridgehead atoms. The van der Waals surface area contributed by atoms with Crippen LogP contribution in [0, 0.1) is 0 Å². The van der Waals surface area contributed by atoms with Crippen molar-refractivity contribution in [1.29, 1.82) is 0 Å². The van der Waals surface area contributed by atoms with Crippen LogP contribution in [0.4, 0.5) is 0 Å². The summed E-state index contributed by atoms with van der Waals surface area (Å²) in [7, 11) is 0. The van der Waals surface area contributed by atoms with Gasteiger partial charge in [-0.25, -0.2) is 0 Å². The summed E-state index contributed by atoms with van der Waals surface area (Å²) in [5.74, 6) is 0. The van der Waals surface area contributed by atoms with Crippen LogP contribution in [0.25, 0.3) is 0 Å². The van der Waals surface area contributed by atoms with E-state index in [1.54, 1.807) is 0 Å². The van der Waals surface area contributed by atoms with Crippen molar-refractivity contribution < 1.29 is 0 Å². The molecule has 70 valence electrons. The van der Waals surface area contributed by atoms with Crippen LogP contribution >= 0.6 is 24.8 Å². The standard InChI is InChI=1S/C7H16N2.2ClH/c1-7(2)4-3-6(8)5-9-7;;/h6,9H,3-5,8H2,1-2H3;2*1H. The number of nitrogens with one attached hydrogen (secondary N) is 1.